The first-order valence-electron chi connectivity index (χ1n) is 5.36. The van der Waals surface area contributed by atoms with Crippen LogP contribution in [0.2, 0.25) is 5.82 Å². The van der Waals surface area contributed by atoms with Gasteiger partial charge in [0, 0.05) is 20.0 Å². The van der Waals surface area contributed by atoms with Crippen molar-refractivity contribution in [1.29, 1.82) is 0 Å². The van der Waals surface area contributed by atoms with Gasteiger partial charge in [-0.15, -0.1) is 0 Å². The predicted octanol–water partition coefficient (Wildman–Crippen LogP) is 1.79. The number of carbonyl (C=O) groups is 2. The summed E-state index contributed by atoms with van der Waals surface area (Å²) in [5, 5.41) is 0. The molecule has 0 N–H and O–H groups in total. The van der Waals surface area contributed by atoms with Gasteiger partial charge in [-0.3, -0.25) is 0 Å². The van der Waals surface area contributed by atoms with Crippen LogP contribution < -0.4 is 0 Å². The zero-order chi connectivity index (χ0) is 12.9. The monoisotopic (exact) mass is 225 g/mol. The molecule has 1 atom stereocenters. The largest absolute Gasteiger partial charge is 0.444 e. The van der Waals surface area contributed by atoms with Gasteiger partial charge in [-0.25, -0.2) is 4.79 Å². The van der Waals surface area contributed by atoms with Crippen LogP contribution in [0.5, 0.6) is 0 Å². The van der Waals surface area contributed by atoms with Crippen LogP contribution in [0.15, 0.2) is 0 Å². The average molecular weight is 225 g/mol. The third kappa shape index (κ3) is 6.48. The number of hydrogen-bond acceptors (Lipinski definition) is 3. The maximum Gasteiger partial charge on any atom is 0.410 e. The molecule has 0 spiro atoms. The predicted molar refractivity (Wildman–Crippen MR) is 63.7 cm³/mol. The van der Waals surface area contributed by atoms with Crippen LogP contribution in [0, 0.1) is 0 Å². The summed E-state index contributed by atoms with van der Waals surface area (Å²) in [6, 6.07) is 0. The molecular weight excluding hydrogens is 205 g/mol. The van der Waals surface area contributed by atoms with E-state index in [4.69, 9.17) is 12.6 Å². The van der Waals surface area contributed by atoms with Gasteiger partial charge in [0.1, 0.15) is 11.4 Å². The Bertz CT molecular complexity index is 258. The van der Waals surface area contributed by atoms with Gasteiger partial charge in [0.05, 0.1) is 7.85 Å². The minimum Gasteiger partial charge on any atom is -0.444 e. The van der Waals surface area contributed by atoms with Crippen molar-refractivity contribution in [3.05, 3.63) is 0 Å². The van der Waals surface area contributed by atoms with Crippen molar-refractivity contribution >= 4 is 19.7 Å². The fourth-order valence-electron chi connectivity index (χ4n) is 0.937. The molecule has 0 aromatic rings. The third-order valence-electron chi connectivity index (χ3n) is 1.91. The van der Waals surface area contributed by atoms with Crippen molar-refractivity contribution < 1.29 is 14.3 Å². The van der Waals surface area contributed by atoms with E-state index < -0.39 is 17.5 Å². The van der Waals surface area contributed by atoms with Gasteiger partial charge in [-0.1, -0.05) is 6.92 Å². The van der Waals surface area contributed by atoms with Crippen LogP contribution in [-0.2, 0) is 9.53 Å². The number of hydrogen-bond donors (Lipinski definition) is 0. The van der Waals surface area contributed by atoms with Gasteiger partial charge >= 0.3 is 6.09 Å². The van der Waals surface area contributed by atoms with Crippen LogP contribution in [0.25, 0.3) is 0 Å². The van der Waals surface area contributed by atoms with Crippen molar-refractivity contribution in [1.82, 2.24) is 4.90 Å². The maximum absolute atomic E-state index is 11.5. The second-order valence-electron chi connectivity index (χ2n) is 4.91. The van der Waals surface area contributed by atoms with Crippen LogP contribution in [-0.4, -0.2) is 43.8 Å². The quantitative estimate of drug-likeness (QED) is 0.685. The second kappa shape index (κ2) is 5.92. The minimum atomic E-state index is -0.517. The molecule has 0 saturated carbocycles. The average Bonchev–Trinajstić information content (AvgIpc) is 2.10. The van der Waals surface area contributed by atoms with Crippen molar-refractivity contribution in [2.24, 2.45) is 0 Å². The Labute approximate surface area is 98.7 Å². The first-order chi connectivity index (χ1) is 7.13. The summed E-state index contributed by atoms with van der Waals surface area (Å²) >= 11 is 0. The Morgan fingerprint density at radius 2 is 1.88 bits per heavy atom. The Morgan fingerprint density at radius 1 is 1.38 bits per heavy atom. The lowest BCUT2D eigenvalue weighted by atomic mass is 9.84. The SMILES string of the molecule is [B]C(C)C(=O)CCN(C)C(=O)OC(C)(C)C. The van der Waals surface area contributed by atoms with E-state index in [-0.39, 0.29) is 12.2 Å². The fraction of sp³-hybridized carbons (Fsp3) is 0.818. The number of nitrogens with zero attached hydrogens (tertiary/aromatic N) is 1. The third-order valence-corrected chi connectivity index (χ3v) is 1.91. The molecule has 1 amide bonds. The van der Waals surface area contributed by atoms with Gasteiger partial charge in [0.2, 0.25) is 0 Å². The highest BCUT2D eigenvalue weighted by atomic mass is 16.6. The molecular formula is C11H20BNO3. The van der Waals surface area contributed by atoms with Gasteiger partial charge in [0.25, 0.3) is 0 Å². The highest BCUT2D eigenvalue weighted by Crippen LogP contribution is 2.10. The standard InChI is InChI=1S/C11H20BNO3/c1-8(12)9(14)6-7-13(5)10(15)16-11(2,3)4/h8H,6-7H2,1-5H3. The number of Topliss-reactive ketones (excluding diaryl/α,β-unsaturated/α-hetero) is 1. The first kappa shape index (κ1) is 15.0. The normalized spacial score (nSPS) is 13.1. The maximum atomic E-state index is 11.5. The van der Waals surface area contributed by atoms with E-state index in [0.717, 1.165) is 0 Å². The molecule has 0 aliphatic rings. The Hall–Kier alpha value is -0.995. The van der Waals surface area contributed by atoms with E-state index in [9.17, 15) is 9.59 Å². The lowest BCUT2D eigenvalue weighted by molar-refractivity contribution is -0.118. The lowest BCUT2D eigenvalue weighted by Crippen LogP contribution is -2.35. The Morgan fingerprint density at radius 3 is 2.25 bits per heavy atom. The zero-order valence-corrected chi connectivity index (χ0v) is 10.7. The molecule has 0 fully saturated rings. The molecule has 2 radical (unpaired) electrons. The molecule has 90 valence electrons. The van der Waals surface area contributed by atoms with E-state index in [1.54, 1.807) is 34.7 Å². The van der Waals surface area contributed by atoms with E-state index in [1.165, 1.54) is 4.90 Å². The van der Waals surface area contributed by atoms with Crippen molar-refractivity contribution in [2.75, 3.05) is 13.6 Å². The summed E-state index contributed by atoms with van der Waals surface area (Å²) < 4.78 is 5.14. The first-order valence-corrected chi connectivity index (χ1v) is 5.36. The molecule has 5 heteroatoms. The molecule has 0 aliphatic heterocycles. The van der Waals surface area contributed by atoms with Gasteiger partial charge < -0.3 is 14.4 Å². The smallest absolute Gasteiger partial charge is 0.410 e. The van der Waals surface area contributed by atoms with Gasteiger partial charge in [-0.2, -0.15) is 0 Å². The molecule has 1 unspecified atom stereocenters. The summed E-state index contributed by atoms with van der Waals surface area (Å²) in [4.78, 5) is 24.1. The summed E-state index contributed by atoms with van der Waals surface area (Å²) in [7, 11) is 7.02. The minimum absolute atomic E-state index is 0.0598. The molecule has 0 aliphatic carbocycles. The molecule has 4 nitrogen and oxygen atoms in total. The van der Waals surface area contributed by atoms with E-state index >= 15 is 0 Å². The molecule has 0 rings (SSSR count). The summed E-state index contributed by atoms with van der Waals surface area (Å²) in [5.41, 5.74) is -0.517. The molecule has 0 aromatic carbocycles. The van der Waals surface area contributed by atoms with Gasteiger partial charge in [0.15, 0.2) is 0 Å². The van der Waals surface area contributed by atoms with Gasteiger partial charge in [-0.05, 0) is 26.6 Å². The second-order valence-corrected chi connectivity index (χ2v) is 4.91. The lowest BCUT2D eigenvalue weighted by Gasteiger charge is -2.24. The number of rotatable bonds is 4. The number of amides is 1. The molecule has 0 bridgehead atoms. The molecule has 0 aromatic heterocycles. The van der Waals surface area contributed by atoms with Crippen molar-refractivity contribution in [2.45, 2.75) is 45.5 Å². The summed E-state index contributed by atoms with van der Waals surface area (Å²) in [6.45, 7) is 7.36. The number of ether oxygens (including phenoxy) is 1. The number of ketones is 1. The van der Waals surface area contributed by atoms with E-state index in [2.05, 4.69) is 0 Å². The van der Waals surface area contributed by atoms with Crippen LogP contribution in [0.4, 0.5) is 4.79 Å². The van der Waals surface area contributed by atoms with E-state index in [0.29, 0.717) is 6.54 Å². The summed E-state index contributed by atoms with van der Waals surface area (Å²) in [6.07, 6.45) is -0.169. The van der Waals surface area contributed by atoms with Crippen LogP contribution >= 0.6 is 0 Å². The Kier molecular flexibility index (Phi) is 5.55. The molecule has 0 saturated heterocycles. The zero-order valence-electron chi connectivity index (χ0n) is 10.7. The topological polar surface area (TPSA) is 46.6 Å². The van der Waals surface area contributed by atoms with Crippen LogP contribution in [0.1, 0.15) is 34.1 Å². The molecule has 0 heterocycles. The van der Waals surface area contributed by atoms with E-state index in [1.807, 2.05) is 0 Å². The molecule has 16 heavy (non-hydrogen) atoms. The number of carbonyl (C=O) groups excluding carboxylic acids is 2. The fourth-order valence-corrected chi connectivity index (χ4v) is 0.937. The highest BCUT2D eigenvalue weighted by molar-refractivity contribution is 6.23. The van der Waals surface area contributed by atoms with Crippen molar-refractivity contribution in [3.63, 3.8) is 0 Å². The summed E-state index contributed by atoms with van der Waals surface area (Å²) in [5.74, 6) is -0.539. The van der Waals surface area contributed by atoms with Crippen molar-refractivity contribution in [3.8, 4) is 0 Å². The highest BCUT2D eigenvalue weighted by Gasteiger charge is 2.20. The Balaban J connectivity index is 4.03. The van der Waals surface area contributed by atoms with Crippen LogP contribution in [0.3, 0.4) is 0 Å².